The first kappa shape index (κ1) is 15.5. The summed E-state index contributed by atoms with van der Waals surface area (Å²) in [5, 5.41) is 0. The molecule has 0 spiro atoms. The predicted molar refractivity (Wildman–Crippen MR) is 75.6 cm³/mol. The second kappa shape index (κ2) is 7.14. The molecule has 0 amide bonds. The minimum Gasteiger partial charge on any atom is -0.374 e. The maximum absolute atomic E-state index is 6.07. The van der Waals surface area contributed by atoms with Crippen LogP contribution in [0.15, 0.2) is 0 Å². The molecule has 102 valence electrons. The van der Waals surface area contributed by atoms with Gasteiger partial charge in [-0.2, -0.15) is 12.6 Å². The van der Waals surface area contributed by atoms with Crippen LogP contribution in [-0.2, 0) is 13.3 Å². The highest BCUT2D eigenvalue weighted by Gasteiger charge is 2.48. The summed E-state index contributed by atoms with van der Waals surface area (Å²) in [6.45, 7) is 8.67. The molecule has 0 aromatic heterocycles. The SMILES string of the molecule is CCO[Si]1(CCCS)OCC(CC)(CC)CO1. The van der Waals surface area contributed by atoms with E-state index < -0.39 is 8.80 Å². The van der Waals surface area contributed by atoms with Crippen LogP contribution < -0.4 is 0 Å². The molecule has 1 heterocycles. The predicted octanol–water partition coefficient (Wildman–Crippen LogP) is 3.13. The Balaban J connectivity index is 2.59. The van der Waals surface area contributed by atoms with E-state index in [0.717, 1.165) is 44.3 Å². The van der Waals surface area contributed by atoms with Crippen LogP contribution >= 0.6 is 12.6 Å². The Morgan fingerprint density at radius 1 is 1.18 bits per heavy atom. The summed E-state index contributed by atoms with van der Waals surface area (Å²) >= 11 is 4.25. The normalized spacial score (nSPS) is 22.6. The molecule has 0 unspecified atom stereocenters. The number of thiol groups is 1. The zero-order valence-electron chi connectivity index (χ0n) is 11.3. The van der Waals surface area contributed by atoms with Crippen molar-refractivity contribution in [3.05, 3.63) is 0 Å². The van der Waals surface area contributed by atoms with E-state index in [4.69, 9.17) is 13.3 Å². The number of rotatable bonds is 7. The molecule has 1 saturated heterocycles. The van der Waals surface area contributed by atoms with Crippen LogP contribution in [0.2, 0.25) is 6.04 Å². The van der Waals surface area contributed by atoms with Crippen molar-refractivity contribution < 1.29 is 13.3 Å². The van der Waals surface area contributed by atoms with Gasteiger partial charge in [0.2, 0.25) is 0 Å². The summed E-state index contributed by atoms with van der Waals surface area (Å²) < 4.78 is 17.9. The number of hydrogen-bond donors (Lipinski definition) is 1. The fourth-order valence-electron chi connectivity index (χ4n) is 2.08. The van der Waals surface area contributed by atoms with Gasteiger partial charge in [0, 0.05) is 31.3 Å². The van der Waals surface area contributed by atoms with Crippen molar-refractivity contribution in [1.82, 2.24) is 0 Å². The molecule has 0 bridgehead atoms. The highest BCUT2D eigenvalue weighted by molar-refractivity contribution is 7.80. The lowest BCUT2D eigenvalue weighted by Crippen LogP contribution is -2.55. The quantitative estimate of drug-likeness (QED) is 0.573. The Bertz CT molecular complexity index is 212. The minimum atomic E-state index is -2.37. The van der Waals surface area contributed by atoms with Gasteiger partial charge in [-0.25, -0.2) is 0 Å². The zero-order valence-corrected chi connectivity index (χ0v) is 13.2. The lowest BCUT2D eigenvalue weighted by molar-refractivity contribution is -0.0596. The smallest absolute Gasteiger partial charge is 0.374 e. The molecule has 0 saturated carbocycles. The third-order valence-electron chi connectivity index (χ3n) is 3.70. The molecule has 5 heteroatoms. The van der Waals surface area contributed by atoms with E-state index in [1.807, 2.05) is 6.92 Å². The Hall–Kier alpha value is 0.447. The summed E-state index contributed by atoms with van der Waals surface area (Å²) in [5.41, 5.74) is 0.203. The average molecular weight is 278 g/mol. The van der Waals surface area contributed by atoms with Crippen molar-refractivity contribution in [3.8, 4) is 0 Å². The molecule has 1 rings (SSSR count). The van der Waals surface area contributed by atoms with Gasteiger partial charge in [0.25, 0.3) is 0 Å². The first-order valence-corrected chi connectivity index (χ1v) is 9.25. The topological polar surface area (TPSA) is 27.7 Å². The monoisotopic (exact) mass is 278 g/mol. The van der Waals surface area contributed by atoms with Gasteiger partial charge in [0.1, 0.15) is 0 Å². The summed E-state index contributed by atoms with van der Waals surface area (Å²) in [6.07, 6.45) is 3.21. The van der Waals surface area contributed by atoms with Crippen LogP contribution in [-0.4, -0.2) is 34.4 Å². The van der Waals surface area contributed by atoms with Gasteiger partial charge in [-0.05, 0) is 31.9 Å². The molecule has 17 heavy (non-hydrogen) atoms. The third kappa shape index (κ3) is 3.96. The van der Waals surface area contributed by atoms with Crippen molar-refractivity contribution in [1.29, 1.82) is 0 Å². The van der Waals surface area contributed by atoms with Crippen LogP contribution in [0.5, 0.6) is 0 Å². The molecule has 3 nitrogen and oxygen atoms in total. The van der Waals surface area contributed by atoms with Gasteiger partial charge in [-0.1, -0.05) is 13.8 Å². The number of hydrogen-bond acceptors (Lipinski definition) is 4. The molecule has 0 aromatic rings. The maximum Gasteiger partial charge on any atom is 0.501 e. The Morgan fingerprint density at radius 3 is 2.18 bits per heavy atom. The van der Waals surface area contributed by atoms with Crippen LogP contribution in [0, 0.1) is 5.41 Å². The van der Waals surface area contributed by atoms with Crippen LogP contribution in [0.4, 0.5) is 0 Å². The van der Waals surface area contributed by atoms with Crippen molar-refractivity contribution in [2.24, 2.45) is 5.41 Å². The zero-order chi connectivity index (χ0) is 12.8. The molecular formula is C12H26O3SSi. The van der Waals surface area contributed by atoms with E-state index in [1.54, 1.807) is 0 Å². The van der Waals surface area contributed by atoms with Crippen molar-refractivity contribution >= 4 is 21.4 Å². The first-order chi connectivity index (χ1) is 8.16. The third-order valence-corrected chi connectivity index (χ3v) is 6.88. The van der Waals surface area contributed by atoms with E-state index in [2.05, 4.69) is 26.5 Å². The largest absolute Gasteiger partial charge is 0.501 e. The summed E-state index contributed by atoms with van der Waals surface area (Å²) in [7, 11) is -2.37. The lowest BCUT2D eigenvalue weighted by Gasteiger charge is -2.43. The van der Waals surface area contributed by atoms with Crippen LogP contribution in [0.25, 0.3) is 0 Å². The molecule has 0 atom stereocenters. The summed E-state index contributed by atoms with van der Waals surface area (Å²) in [6, 6.07) is 0.897. The van der Waals surface area contributed by atoms with Crippen LogP contribution in [0.3, 0.4) is 0 Å². The second-order valence-corrected chi connectivity index (χ2v) is 7.91. The van der Waals surface area contributed by atoms with Gasteiger partial charge in [-0.3, -0.25) is 0 Å². The summed E-state index contributed by atoms with van der Waals surface area (Å²) in [4.78, 5) is 0. The van der Waals surface area contributed by atoms with E-state index >= 15 is 0 Å². The van der Waals surface area contributed by atoms with Gasteiger partial charge in [0.05, 0.1) is 0 Å². The van der Waals surface area contributed by atoms with E-state index in [-0.39, 0.29) is 5.41 Å². The molecule has 1 fully saturated rings. The Morgan fingerprint density at radius 2 is 1.76 bits per heavy atom. The molecule has 0 radical (unpaired) electrons. The maximum atomic E-state index is 6.07. The fraction of sp³-hybridized carbons (Fsp3) is 1.00. The molecule has 0 N–H and O–H groups in total. The second-order valence-electron chi connectivity index (χ2n) is 4.73. The lowest BCUT2D eigenvalue weighted by atomic mass is 9.84. The van der Waals surface area contributed by atoms with E-state index in [9.17, 15) is 0 Å². The molecule has 0 aromatic carbocycles. The van der Waals surface area contributed by atoms with E-state index in [1.165, 1.54) is 0 Å². The standard InChI is InChI=1S/C12H26O3SSi/c1-4-12(5-2)10-14-17(13-6-3,15-11-12)9-7-8-16/h16H,4-11H2,1-3H3. The molecule has 0 aliphatic carbocycles. The van der Waals surface area contributed by atoms with Gasteiger partial charge in [-0.15, -0.1) is 0 Å². The van der Waals surface area contributed by atoms with Crippen LogP contribution in [0.1, 0.15) is 40.0 Å². The van der Waals surface area contributed by atoms with Gasteiger partial charge >= 0.3 is 8.80 Å². The van der Waals surface area contributed by atoms with E-state index in [0.29, 0.717) is 6.61 Å². The highest BCUT2D eigenvalue weighted by Crippen LogP contribution is 2.35. The molecule has 1 aliphatic heterocycles. The van der Waals surface area contributed by atoms with Crippen molar-refractivity contribution in [2.75, 3.05) is 25.6 Å². The van der Waals surface area contributed by atoms with Crippen molar-refractivity contribution in [2.45, 2.75) is 46.1 Å². The highest BCUT2D eigenvalue weighted by atomic mass is 32.1. The van der Waals surface area contributed by atoms with Crippen molar-refractivity contribution in [3.63, 3.8) is 0 Å². The van der Waals surface area contributed by atoms with Gasteiger partial charge < -0.3 is 13.3 Å². The fourth-order valence-corrected chi connectivity index (χ4v) is 5.32. The molecular weight excluding hydrogens is 252 g/mol. The average Bonchev–Trinajstić information content (AvgIpc) is 2.38. The molecule has 1 aliphatic rings. The Labute approximate surface area is 112 Å². The minimum absolute atomic E-state index is 0.203. The Kier molecular flexibility index (Phi) is 6.51. The summed E-state index contributed by atoms with van der Waals surface area (Å²) in [5.74, 6) is 0.862. The van der Waals surface area contributed by atoms with Gasteiger partial charge in [0.15, 0.2) is 0 Å². The first-order valence-electron chi connectivity index (χ1n) is 6.68.